The van der Waals surface area contributed by atoms with Crippen molar-refractivity contribution < 1.29 is 14.3 Å². The quantitative estimate of drug-likeness (QED) is 0.704. The van der Waals surface area contributed by atoms with E-state index >= 15 is 0 Å². The molecule has 0 radical (unpaired) electrons. The Kier molecular flexibility index (Phi) is 6.97. The Bertz CT molecular complexity index is 714. The number of carbonyl (C=O) groups is 1. The van der Waals surface area contributed by atoms with Crippen LogP contribution in [-0.4, -0.2) is 31.8 Å². The van der Waals surface area contributed by atoms with Crippen LogP contribution in [-0.2, 0) is 10.5 Å². The Labute approximate surface area is 159 Å². The molecule has 3 rings (SSSR count). The Morgan fingerprint density at radius 3 is 2.85 bits per heavy atom. The van der Waals surface area contributed by atoms with Gasteiger partial charge in [-0.05, 0) is 50.1 Å². The van der Waals surface area contributed by atoms with E-state index in [0.29, 0.717) is 18.7 Å². The van der Waals surface area contributed by atoms with Crippen LogP contribution in [0.2, 0.25) is 0 Å². The number of hydrogen-bond donors (Lipinski definition) is 1. The van der Waals surface area contributed by atoms with Crippen LogP contribution in [0.3, 0.4) is 0 Å². The highest BCUT2D eigenvalue weighted by molar-refractivity contribution is 7.98. The molecule has 0 spiro atoms. The maximum absolute atomic E-state index is 12.5. The Morgan fingerprint density at radius 2 is 2.12 bits per heavy atom. The standard InChI is InChI=1S/C21H25NO3S/c1-2-24-20-11-10-16(21(23)22-14-18-7-6-12-25-18)13-17(20)15-26-19-8-4-3-5-9-19/h3-5,8-11,13,18H,2,6-7,12,14-15H2,1H3,(H,22,23). The van der Waals surface area contributed by atoms with E-state index in [-0.39, 0.29) is 12.0 Å². The number of ether oxygens (including phenoxy) is 2. The third-order valence-corrected chi connectivity index (χ3v) is 5.34. The van der Waals surface area contributed by atoms with Crippen LogP contribution >= 0.6 is 11.8 Å². The molecule has 0 saturated carbocycles. The van der Waals surface area contributed by atoms with E-state index < -0.39 is 0 Å². The van der Waals surface area contributed by atoms with Crippen molar-refractivity contribution in [1.29, 1.82) is 0 Å². The van der Waals surface area contributed by atoms with Crippen molar-refractivity contribution in [3.63, 3.8) is 0 Å². The fourth-order valence-electron chi connectivity index (χ4n) is 2.92. The average Bonchev–Trinajstić information content (AvgIpc) is 3.20. The maximum Gasteiger partial charge on any atom is 0.251 e. The SMILES string of the molecule is CCOc1ccc(C(=O)NCC2CCCO2)cc1CSc1ccccc1. The first kappa shape index (κ1) is 18.8. The molecule has 1 aliphatic heterocycles. The lowest BCUT2D eigenvalue weighted by Gasteiger charge is -2.14. The van der Waals surface area contributed by atoms with E-state index in [1.165, 1.54) is 4.90 Å². The van der Waals surface area contributed by atoms with Gasteiger partial charge in [0.2, 0.25) is 0 Å². The number of nitrogens with one attached hydrogen (secondary N) is 1. The van der Waals surface area contributed by atoms with Crippen molar-refractivity contribution in [2.75, 3.05) is 19.8 Å². The summed E-state index contributed by atoms with van der Waals surface area (Å²) in [5, 5.41) is 2.98. The van der Waals surface area contributed by atoms with E-state index in [1.54, 1.807) is 11.8 Å². The fraction of sp³-hybridized carbons (Fsp3) is 0.381. The second-order valence-electron chi connectivity index (χ2n) is 6.20. The summed E-state index contributed by atoms with van der Waals surface area (Å²) in [5.74, 6) is 1.53. The molecule has 5 heteroatoms. The van der Waals surface area contributed by atoms with Crippen LogP contribution in [0.5, 0.6) is 5.75 Å². The maximum atomic E-state index is 12.5. The van der Waals surface area contributed by atoms with Gasteiger partial charge in [-0.1, -0.05) is 18.2 Å². The first-order valence-corrected chi connectivity index (χ1v) is 10.1. The third-order valence-electron chi connectivity index (χ3n) is 4.27. The molecule has 1 atom stereocenters. The van der Waals surface area contributed by atoms with Gasteiger partial charge in [0.1, 0.15) is 5.75 Å². The molecule has 0 bridgehead atoms. The highest BCUT2D eigenvalue weighted by atomic mass is 32.2. The largest absolute Gasteiger partial charge is 0.494 e. The van der Waals surface area contributed by atoms with E-state index in [4.69, 9.17) is 9.47 Å². The molecule has 26 heavy (non-hydrogen) atoms. The molecular formula is C21H25NO3S. The minimum atomic E-state index is -0.0606. The average molecular weight is 372 g/mol. The molecule has 2 aromatic rings. The van der Waals surface area contributed by atoms with Gasteiger partial charge in [-0.15, -0.1) is 11.8 Å². The molecule has 4 nitrogen and oxygen atoms in total. The lowest BCUT2D eigenvalue weighted by atomic mass is 10.1. The summed E-state index contributed by atoms with van der Waals surface area (Å²) in [6.07, 6.45) is 2.24. The Balaban J connectivity index is 1.67. The molecular weight excluding hydrogens is 346 g/mol. The van der Waals surface area contributed by atoms with Gasteiger partial charge >= 0.3 is 0 Å². The summed E-state index contributed by atoms with van der Waals surface area (Å²) in [7, 11) is 0. The second-order valence-corrected chi connectivity index (χ2v) is 7.25. The monoisotopic (exact) mass is 371 g/mol. The topological polar surface area (TPSA) is 47.6 Å². The van der Waals surface area contributed by atoms with E-state index in [0.717, 1.165) is 36.5 Å². The Hall–Kier alpha value is -1.98. The highest BCUT2D eigenvalue weighted by Crippen LogP contribution is 2.29. The summed E-state index contributed by atoms with van der Waals surface area (Å²) in [6, 6.07) is 15.9. The van der Waals surface area contributed by atoms with E-state index in [1.807, 2.05) is 43.3 Å². The van der Waals surface area contributed by atoms with Crippen molar-refractivity contribution in [3.05, 3.63) is 59.7 Å². The smallest absolute Gasteiger partial charge is 0.251 e. The zero-order chi connectivity index (χ0) is 18.2. The molecule has 2 aromatic carbocycles. The Morgan fingerprint density at radius 1 is 1.27 bits per heavy atom. The van der Waals surface area contributed by atoms with Gasteiger partial charge in [0.05, 0.1) is 12.7 Å². The molecule has 1 fully saturated rings. The van der Waals surface area contributed by atoms with Crippen molar-refractivity contribution in [3.8, 4) is 5.75 Å². The second kappa shape index (κ2) is 9.64. The molecule has 1 aliphatic rings. The van der Waals surface area contributed by atoms with Crippen LogP contribution in [0.1, 0.15) is 35.7 Å². The minimum Gasteiger partial charge on any atom is -0.494 e. The predicted octanol–water partition coefficient (Wildman–Crippen LogP) is 4.29. The summed E-state index contributed by atoms with van der Waals surface area (Å²) in [6.45, 7) is 3.94. The number of hydrogen-bond acceptors (Lipinski definition) is 4. The van der Waals surface area contributed by atoms with Gasteiger partial charge in [0.25, 0.3) is 5.91 Å². The van der Waals surface area contributed by atoms with Gasteiger partial charge in [-0.2, -0.15) is 0 Å². The summed E-state index contributed by atoms with van der Waals surface area (Å²) < 4.78 is 11.3. The fourth-order valence-corrected chi connectivity index (χ4v) is 3.82. The van der Waals surface area contributed by atoms with Crippen molar-refractivity contribution >= 4 is 17.7 Å². The van der Waals surface area contributed by atoms with Gasteiger partial charge < -0.3 is 14.8 Å². The van der Waals surface area contributed by atoms with Crippen molar-refractivity contribution in [1.82, 2.24) is 5.32 Å². The van der Waals surface area contributed by atoms with Gasteiger partial charge in [0.15, 0.2) is 0 Å². The molecule has 1 amide bonds. The number of benzene rings is 2. The molecule has 1 saturated heterocycles. The minimum absolute atomic E-state index is 0.0606. The summed E-state index contributed by atoms with van der Waals surface area (Å²) in [4.78, 5) is 13.7. The zero-order valence-electron chi connectivity index (χ0n) is 15.1. The summed E-state index contributed by atoms with van der Waals surface area (Å²) >= 11 is 1.74. The van der Waals surface area contributed by atoms with Crippen molar-refractivity contribution in [2.45, 2.75) is 36.5 Å². The number of thioether (sulfide) groups is 1. The molecule has 138 valence electrons. The van der Waals surface area contributed by atoms with Crippen LogP contribution in [0.25, 0.3) is 0 Å². The van der Waals surface area contributed by atoms with Crippen LogP contribution < -0.4 is 10.1 Å². The molecule has 1 unspecified atom stereocenters. The summed E-state index contributed by atoms with van der Waals surface area (Å²) in [5.41, 5.74) is 1.69. The normalized spacial score (nSPS) is 16.4. The molecule has 1 N–H and O–H groups in total. The van der Waals surface area contributed by atoms with E-state index in [9.17, 15) is 4.79 Å². The first-order valence-electron chi connectivity index (χ1n) is 9.09. The molecule has 0 aromatic heterocycles. The number of amides is 1. The van der Waals surface area contributed by atoms with Gasteiger partial charge in [0, 0.05) is 34.9 Å². The predicted molar refractivity (Wildman–Crippen MR) is 105 cm³/mol. The third kappa shape index (κ3) is 5.26. The van der Waals surface area contributed by atoms with Gasteiger partial charge in [-0.3, -0.25) is 4.79 Å². The molecule has 0 aliphatic carbocycles. The lowest BCUT2D eigenvalue weighted by Crippen LogP contribution is -2.31. The number of carbonyl (C=O) groups excluding carboxylic acids is 1. The van der Waals surface area contributed by atoms with Crippen molar-refractivity contribution in [2.24, 2.45) is 0 Å². The van der Waals surface area contributed by atoms with Crippen LogP contribution in [0.4, 0.5) is 0 Å². The zero-order valence-corrected chi connectivity index (χ0v) is 15.9. The number of rotatable bonds is 8. The highest BCUT2D eigenvalue weighted by Gasteiger charge is 2.17. The van der Waals surface area contributed by atoms with Crippen LogP contribution in [0, 0.1) is 0 Å². The first-order chi connectivity index (χ1) is 12.8. The van der Waals surface area contributed by atoms with Gasteiger partial charge in [-0.25, -0.2) is 0 Å². The molecule has 1 heterocycles. The van der Waals surface area contributed by atoms with Crippen LogP contribution in [0.15, 0.2) is 53.4 Å². The lowest BCUT2D eigenvalue weighted by molar-refractivity contribution is 0.0857. The van der Waals surface area contributed by atoms with E-state index in [2.05, 4.69) is 17.4 Å².